The molecular formula is C15H25N3O. The predicted molar refractivity (Wildman–Crippen MR) is 76.4 cm³/mol. The quantitative estimate of drug-likeness (QED) is 0.630. The van der Waals surface area contributed by atoms with Crippen molar-refractivity contribution in [3.05, 3.63) is 30.1 Å². The summed E-state index contributed by atoms with van der Waals surface area (Å²) in [7, 11) is 1.80. The molecule has 106 valence electrons. The molecule has 0 amide bonds. The first kappa shape index (κ1) is 14.4. The van der Waals surface area contributed by atoms with Gasteiger partial charge in [0.05, 0.1) is 11.6 Å². The average molecular weight is 263 g/mol. The van der Waals surface area contributed by atoms with Gasteiger partial charge in [0.15, 0.2) is 0 Å². The van der Waals surface area contributed by atoms with Gasteiger partial charge in [-0.3, -0.25) is 16.3 Å². The van der Waals surface area contributed by atoms with Crippen LogP contribution in [0.25, 0.3) is 0 Å². The molecule has 1 unspecified atom stereocenters. The molecule has 2 rings (SSSR count). The molecule has 4 nitrogen and oxygen atoms in total. The summed E-state index contributed by atoms with van der Waals surface area (Å²) in [6.45, 7) is 2.31. The van der Waals surface area contributed by atoms with E-state index in [1.165, 1.54) is 12.8 Å². The van der Waals surface area contributed by atoms with Crippen molar-refractivity contribution in [1.29, 1.82) is 0 Å². The molecule has 1 fully saturated rings. The number of hydrogen-bond acceptors (Lipinski definition) is 4. The lowest BCUT2D eigenvalue weighted by molar-refractivity contribution is -0.0748. The van der Waals surface area contributed by atoms with Crippen LogP contribution < -0.4 is 11.3 Å². The van der Waals surface area contributed by atoms with Crippen LogP contribution in [-0.2, 0) is 11.2 Å². The van der Waals surface area contributed by atoms with Crippen molar-refractivity contribution in [2.75, 3.05) is 7.11 Å². The Kier molecular flexibility index (Phi) is 4.91. The number of hydrogen-bond donors (Lipinski definition) is 2. The summed E-state index contributed by atoms with van der Waals surface area (Å²) in [4.78, 5) is 4.39. The highest BCUT2D eigenvalue weighted by Gasteiger charge is 2.41. The van der Waals surface area contributed by atoms with Crippen molar-refractivity contribution in [3.8, 4) is 0 Å². The van der Waals surface area contributed by atoms with Crippen molar-refractivity contribution < 1.29 is 4.74 Å². The van der Waals surface area contributed by atoms with E-state index >= 15 is 0 Å². The van der Waals surface area contributed by atoms with E-state index < -0.39 is 0 Å². The molecule has 4 heteroatoms. The van der Waals surface area contributed by atoms with Crippen LogP contribution in [0.15, 0.2) is 24.4 Å². The van der Waals surface area contributed by atoms with E-state index in [9.17, 15) is 0 Å². The zero-order valence-electron chi connectivity index (χ0n) is 11.9. The van der Waals surface area contributed by atoms with Crippen molar-refractivity contribution in [2.45, 2.75) is 50.7 Å². The molecule has 0 spiro atoms. The van der Waals surface area contributed by atoms with Gasteiger partial charge >= 0.3 is 0 Å². The maximum atomic E-state index is 5.88. The lowest BCUT2D eigenvalue weighted by Gasteiger charge is -2.43. The molecule has 0 aromatic carbocycles. The Balaban J connectivity index is 2.10. The number of ether oxygens (including phenoxy) is 1. The Labute approximate surface area is 115 Å². The van der Waals surface area contributed by atoms with Crippen molar-refractivity contribution in [2.24, 2.45) is 11.8 Å². The Morgan fingerprint density at radius 3 is 2.74 bits per heavy atom. The van der Waals surface area contributed by atoms with Crippen LogP contribution in [0.4, 0.5) is 0 Å². The number of nitrogens with two attached hydrogens (primary N) is 1. The van der Waals surface area contributed by atoms with E-state index in [1.54, 1.807) is 7.11 Å². The Morgan fingerprint density at radius 2 is 2.21 bits per heavy atom. The minimum atomic E-state index is -0.154. The third-order valence-corrected chi connectivity index (χ3v) is 4.50. The second kappa shape index (κ2) is 6.46. The summed E-state index contributed by atoms with van der Waals surface area (Å²) in [5.41, 5.74) is 3.86. The first-order valence-electron chi connectivity index (χ1n) is 7.11. The Morgan fingerprint density at radius 1 is 1.47 bits per heavy atom. The maximum Gasteiger partial charge on any atom is 0.0848 e. The molecule has 0 saturated heterocycles. The summed E-state index contributed by atoms with van der Waals surface area (Å²) >= 11 is 0. The number of aromatic nitrogens is 1. The predicted octanol–water partition coefficient (Wildman–Crippen LogP) is 2.05. The number of nitrogens with one attached hydrogen (secondary N) is 1. The van der Waals surface area contributed by atoms with Crippen LogP contribution in [0.3, 0.4) is 0 Å². The van der Waals surface area contributed by atoms with Crippen LogP contribution >= 0.6 is 0 Å². The van der Waals surface area contributed by atoms with Crippen LogP contribution in [-0.4, -0.2) is 23.7 Å². The minimum Gasteiger partial charge on any atom is -0.377 e. The van der Waals surface area contributed by atoms with Gasteiger partial charge in [-0.1, -0.05) is 13.0 Å². The van der Waals surface area contributed by atoms with Crippen molar-refractivity contribution >= 4 is 0 Å². The molecule has 1 heterocycles. The number of pyridine rings is 1. The Hall–Kier alpha value is -0.970. The third-order valence-electron chi connectivity index (χ3n) is 4.50. The monoisotopic (exact) mass is 263 g/mol. The van der Waals surface area contributed by atoms with Gasteiger partial charge in [-0.25, -0.2) is 0 Å². The molecule has 0 bridgehead atoms. The molecular weight excluding hydrogens is 238 g/mol. The standard InChI is InChI=1S/C15H25N3O/c1-12-6-8-15(19-2,9-7-12)14(18-16)11-13-5-3-4-10-17-13/h3-5,10,12,14,18H,6-9,11,16H2,1-2H3. The van der Waals surface area contributed by atoms with E-state index in [0.717, 1.165) is 30.9 Å². The first-order valence-corrected chi connectivity index (χ1v) is 7.11. The SMILES string of the molecule is COC1(C(Cc2ccccn2)NN)CCC(C)CC1. The Bertz CT molecular complexity index is 374. The van der Waals surface area contributed by atoms with E-state index in [-0.39, 0.29) is 11.6 Å². The summed E-state index contributed by atoms with van der Waals surface area (Å²) in [6.07, 6.45) is 7.16. The second-order valence-electron chi connectivity index (χ2n) is 5.70. The highest BCUT2D eigenvalue weighted by Crippen LogP contribution is 2.37. The van der Waals surface area contributed by atoms with E-state index in [0.29, 0.717) is 0 Å². The van der Waals surface area contributed by atoms with Crippen LogP contribution in [0, 0.1) is 5.92 Å². The molecule has 1 aliphatic carbocycles. The molecule has 1 aliphatic rings. The molecule has 1 aromatic heterocycles. The maximum absolute atomic E-state index is 5.88. The highest BCUT2D eigenvalue weighted by molar-refractivity contribution is 5.08. The topological polar surface area (TPSA) is 60.2 Å². The van der Waals surface area contributed by atoms with Gasteiger partial charge in [0.1, 0.15) is 0 Å². The smallest absolute Gasteiger partial charge is 0.0848 e. The van der Waals surface area contributed by atoms with Gasteiger partial charge in [-0.05, 0) is 43.7 Å². The van der Waals surface area contributed by atoms with Crippen LogP contribution in [0.1, 0.15) is 38.3 Å². The lowest BCUT2D eigenvalue weighted by Crippen LogP contribution is -2.57. The fourth-order valence-corrected chi connectivity index (χ4v) is 3.07. The zero-order chi connectivity index (χ0) is 13.7. The average Bonchev–Trinajstić information content (AvgIpc) is 2.47. The van der Waals surface area contributed by atoms with E-state index in [1.807, 2.05) is 24.4 Å². The lowest BCUT2D eigenvalue weighted by atomic mass is 9.74. The number of nitrogens with zero attached hydrogens (tertiary/aromatic N) is 1. The second-order valence-corrected chi connectivity index (χ2v) is 5.70. The summed E-state index contributed by atoms with van der Waals surface area (Å²) < 4.78 is 5.88. The molecule has 0 aliphatic heterocycles. The van der Waals surface area contributed by atoms with Crippen molar-refractivity contribution in [3.63, 3.8) is 0 Å². The molecule has 1 aromatic rings. The fraction of sp³-hybridized carbons (Fsp3) is 0.667. The van der Waals surface area contributed by atoms with Crippen LogP contribution in [0.2, 0.25) is 0 Å². The molecule has 1 atom stereocenters. The highest BCUT2D eigenvalue weighted by atomic mass is 16.5. The first-order chi connectivity index (χ1) is 9.20. The number of hydrazine groups is 1. The fourth-order valence-electron chi connectivity index (χ4n) is 3.07. The largest absolute Gasteiger partial charge is 0.377 e. The zero-order valence-corrected chi connectivity index (χ0v) is 11.9. The minimum absolute atomic E-state index is 0.111. The third kappa shape index (κ3) is 3.32. The molecule has 0 radical (unpaired) electrons. The van der Waals surface area contributed by atoms with Crippen LogP contribution in [0.5, 0.6) is 0 Å². The van der Waals surface area contributed by atoms with Gasteiger partial charge in [0, 0.05) is 25.4 Å². The van der Waals surface area contributed by atoms with Gasteiger partial charge < -0.3 is 4.74 Å². The van der Waals surface area contributed by atoms with Gasteiger partial charge in [-0.15, -0.1) is 0 Å². The summed E-state index contributed by atoms with van der Waals surface area (Å²) in [5, 5.41) is 0. The van der Waals surface area contributed by atoms with Gasteiger partial charge in [0.25, 0.3) is 0 Å². The number of rotatable bonds is 5. The van der Waals surface area contributed by atoms with E-state index in [4.69, 9.17) is 10.6 Å². The van der Waals surface area contributed by atoms with Gasteiger partial charge in [0.2, 0.25) is 0 Å². The number of methoxy groups -OCH3 is 1. The normalized spacial score (nSPS) is 29.1. The molecule has 19 heavy (non-hydrogen) atoms. The summed E-state index contributed by atoms with van der Waals surface area (Å²) in [5.74, 6) is 6.58. The van der Waals surface area contributed by atoms with Crippen molar-refractivity contribution in [1.82, 2.24) is 10.4 Å². The molecule has 1 saturated carbocycles. The summed E-state index contributed by atoms with van der Waals surface area (Å²) in [6, 6.07) is 6.10. The van der Waals surface area contributed by atoms with E-state index in [2.05, 4.69) is 17.3 Å². The molecule has 3 N–H and O–H groups in total. The van der Waals surface area contributed by atoms with Gasteiger partial charge in [-0.2, -0.15) is 0 Å².